The van der Waals surface area contributed by atoms with Crippen LogP contribution in [0.25, 0.3) is 32.3 Å². The van der Waals surface area contributed by atoms with Gasteiger partial charge in [0.1, 0.15) is 0 Å². The number of benzene rings is 4. The van der Waals surface area contributed by atoms with E-state index in [0.717, 1.165) is 26.7 Å². The highest BCUT2D eigenvalue weighted by atomic mass is 28.4. The topological polar surface area (TPSA) is 49.7 Å². The molecule has 0 bridgehead atoms. The number of fused-ring (bicyclic) bond motifs is 4. The Morgan fingerprint density at radius 1 is 0.783 bits per heavy atom. The van der Waals surface area contributed by atoms with E-state index in [4.69, 9.17) is 8.91 Å². The van der Waals surface area contributed by atoms with E-state index in [1.54, 1.807) is 0 Å². The molecular formula is C18H13O3Si2. The maximum atomic E-state index is 10.3. The maximum Gasteiger partial charge on any atom is 0.420 e. The second kappa shape index (κ2) is 5.88. The van der Waals surface area contributed by atoms with E-state index >= 15 is 0 Å². The summed E-state index contributed by atoms with van der Waals surface area (Å²) in [5, 5.41) is 7.42. The van der Waals surface area contributed by atoms with Crippen LogP contribution in [0.2, 0.25) is 0 Å². The van der Waals surface area contributed by atoms with Gasteiger partial charge in [0.15, 0.2) is 0 Å². The van der Waals surface area contributed by atoms with Gasteiger partial charge in [0, 0.05) is 5.19 Å². The molecule has 111 valence electrons. The lowest BCUT2D eigenvalue weighted by atomic mass is 9.98. The number of hydrogen-bond acceptors (Lipinski definition) is 3. The molecule has 0 saturated carbocycles. The lowest BCUT2D eigenvalue weighted by Gasteiger charge is -2.13. The normalized spacial score (nSPS) is 11.8. The zero-order valence-corrected chi connectivity index (χ0v) is 14.2. The van der Waals surface area contributed by atoms with Crippen molar-refractivity contribution in [2.45, 2.75) is 0 Å². The first-order valence-electron chi connectivity index (χ1n) is 7.24. The summed E-state index contributed by atoms with van der Waals surface area (Å²) in [6.07, 6.45) is 0. The average Bonchev–Trinajstić information content (AvgIpc) is 2.59. The standard InChI is InChI=1S/C18H13O3Si2/c19-22-21-23(20)17-7-3-6-12-8-9-15-10-13-4-1-2-5-14(13)11-16(15)18(12)17/h1-11,19-20H. The van der Waals surface area contributed by atoms with Gasteiger partial charge >= 0.3 is 19.3 Å². The summed E-state index contributed by atoms with van der Waals surface area (Å²) in [6.45, 7) is 0. The lowest BCUT2D eigenvalue weighted by Crippen LogP contribution is -2.35. The van der Waals surface area contributed by atoms with Crippen molar-refractivity contribution in [1.29, 1.82) is 0 Å². The monoisotopic (exact) mass is 333 g/mol. The molecule has 3 nitrogen and oxygen atoms in total. The van der Waals surface area contributed by atoms with Gasteiger partial charge in [-0.1, -0.05) is 54.6 Å². The molecule has 4 aromatic rings. The molecule has 0 saturated heterocycles. The Morgan fingerprint density at radius 2 is 1.48 bits per heavy atom. The van der Waals surface area contributed by atoms with Crippen LogP contribution in [-0.2, 0) is 4.12 Å². The summed E-state index contributed by atoms with van der Waals surface area (Å²) in [4.78, 5) is 19.3. The second-order valence-corrected chi connectivity index (χ2v) is 7.54. The van der Waals surface area contributed by atoms with E-state index < -0.39 is 19.3 Å². The summed E-state index contributed by atoms with van der Waals surface area (Å²) in [5.41, 5.74) is 0. The van der Waals surface area contributed by atoms with Crippen molar-refractivity contribution in [3.63, 3.8) is 0 Å². The molecule has 0 aliphatic carbocycles. The van der Waals surface area contributed by atoms with Crippen LogP contribution in [-0.4, -0.2) is 28.9 Å². The quantitative estimate of drug-likeness (QED) is 0.344. The molecule has 0 fully saturated rings. The molecule has 2 N–H and O–H groups in total. The molecule has 0 spiro atoms. The van der Waals surface area contributed by atoms with E-state index in [-0.39, 0.29) is 0 Å². The smallest absolute Gasteiger partial charge is 0.409 e. The Hall–Kier alpha value is -2.03. The SMILES string of the molecule is O[Si]O[Si](O)c1cccc2ccc3cc4ccccc4cc3c12. The van der Waals surface area contributed by atoms with Crippen LogP contribution in [0.15, 0.2) is 66.7 Å². The summed E-state index contributed by atoms with van der Waals surface area (Å²) < 4.78 is 5.11. The fourth-order valence-electron chi connectivity index (χ4n) is 3.08. The predicted molar refractivity (Wildman–Crippen MR) is 95.6 cm³/mol. The first kappa shape index (κ1) is 14.6. The highest BCUT2D eigenvalue weighted by Crippen LogP contribution is 2.28. The van der Waals surface area contributed by atoms with Gasteiger partial charge in [-0.2, -0.15) is 0 Å². The Balaban J connectivity index is 2.11. The molecule has 4 aromatic carbocycles. The molecular weight excluding hydrogens is 320 g/mol. The van der Waals surface area contributed by atoms with Crippen LogP contribution >= 0.6 is 0 Å². The first-order valence-corrected chi connectivity index (χ1v) is 9.45. The third kappa shape index (κ3) is 2.48. The van der Waals surface area contributed by atoms with Crippen LogP contribution in [0.1, 0.15) is 0 Å². The van der Waals surface area contributed by atoms with E-state index in [9.17, 15) is 4.80 Å². The van der Waals surface area contributed by atoms with E-state index in [2.05, 4.69) is 36.4 Å². The average molecular weight is 333 g/mol. The van der Waals surface area contributed by atoms with Gasteiger partial charge in [0.2, 0.25) is 0 Å². The molecule has 0 amide bonds. The molecule has 4 rings (SSSR count). The summed E-state index contributed by atoms with van der Waals surface area (Å²) in [7, 11) is -2.93. The minimum absolute atomic E-state index is 0.709. The van der Waals surface area contributed by atoms with Crippen molar-refractivity contribution in [3.05, 3.63) is 66.7 Å². The Kier molecular flexibility index (Phi) is 3.72. The molecule has 0 unspecified atom stereocenters. The third-order valence-corrected chi connectivity index (χ3v) is 6.12. The largest absolute Gasteiger partial charge is 0.420 e. The van der Waals surface area contributed by atoms with Gasteiger partial charge in [-0.05, 0) is 44.5 Å². The highest BCUT2D eigenvalue weighted by molar-refractivity contribution is 6.67. The summed E-state index contributed by atoms with van der Waals surface area (Å²) in [5.74, 6) is 0. The van der Waals surface area contributed by atoms with Crippen LogP contribution in [0.5, 0.6) is 0 Å². The van der Waals surface area contributed by atoms with Crippen LogP contribution in [0.4, 0.5) is 0 Å². The zero-order valence-electron chi connectivity index (χ0n) is 12.2. The third-order valence-electron chi connectivity index (χ3n) is 4.10. The molecule has 0 aliphatic heterocycles. The summed E-state index contributed by atoms with van der Waals surface area (Å²) >= 11 is 0. The predicted octanol–water partition coefficient (Wildman–Crippen LogP) is 2.38. The van der Waals surface area contributed by atoms with Crippen molar-refractivity contribution in [1.82, 2.24) is 0 Å². The highest BCUT2D eigenvalue weighted by Gasteiger charge is 2.19. The van der Waals surface area contributed by atoms with Crippen LogP contribution in [0, 0.1) is 0 Å². The van der Waals surface area contributed by atoms with Gasteiger partial charge in [-0.15, -0.1) is 0 Å². The molecule has 0 atom stereocenters. The minimum atomic E-state index is -2.22. The fourth-order valence-corrected chi connectivity index (χ4v) is 4.60. The van der Waals surface area contributed by atoms with Crippen molar-refractivity contribution in [3.8, 4) is 0 Å². The number of rotatable bonds is 3. The Morgan fingerprint density at radius 3 is 2.26 bits per heavy atom. The van der Waals surface area contributed by atoms with E-state index in [1.807, 2.05) is 30.3 Å². The maximum absolute atomic E-state index is 10.3. The van der Waals surface area contributed by atoms with Crippen molar-refractivity contribution < 1.29 is 13.7 Å². The second-order valence-electron chi connectivity index (χ2n) is 5.39. The lowest BCUT2D eigenvalue weighted by molar-refractivity contribution is 0.393. The van der Waals surface area contributed by atoms with Crippen LogP contribution in [0.3, 0.4) is 0 Å². The zero-order chi connectivity index (χ0) is 15.8. The molecule has 23 heavy (non-hydrogen) atoms. The van der Waals surface area contributed by atoms with Crippen molar-refractivity contribution in [2.75, 3.05) is 0 Å². The minimum Gasteiger partial charge on any atom is -0.409 e. The van der Waals surface area contributed by atoms with Gasteiger partial charge in [-0.25, -0.2) is 0 Å². The first-order chi connectivity index (χ1) is 11.3. The molecule has 3 radical (unpaired) electrons. The Bertz CT molecular complexity index is 1020. The van der Waals surface area contributed by atoms with Crippen LogP contribution < -0.4 is 5.19 Å². The van der Waals surface area contributed by atoms with E-state index in [1.165, 1.54) is 10.8 Å². The molecule has 0 aromatic heterocycles. The Labute approximate surface area is 137 Å². The van der Waals surface area contributed by atoms with Crippen molar-refractivity contribution in [2.24, 2.45) is 0 Å². The molecule has 0 aliphatic rings. The van der Waals surface area contributed by atoms with Gasteiger partial charge in [0.05, 0.1) is 0 Å². The molecule has 5 heteroatoms. The van der Waals surface area contributed by atoms with Gasteiger partial charge in [-0.3, -0.25) is 0 Å². The van der Waals surface area contributed by atoms with Gasteiger partial charge in [0.25, 0.3) is 0 Å². The van der Waals surface area contributed by atoms with Gasteiger partial charge < -0.3 is 13.7 Å². The fraction of sp³-hybridized carbons (Fsp3) is 0. The molecule has 0 heterocycles. The van der Waals surface area contributed by atoms with E-state index in [0.29, 0.717) is 0 Å². The van der Waals surface area contributed by atoms with Crippen molar-refractivity contribution >= 4 is 56.8 Å². The summed E-state index contributed by atoms with van der Waals surface area (Å²) in [6, 6.07) is 22.6. The number of hydrogen-bond donors (Lipinski definition) is 2.